The van der Waals surface area contributed by atoms with Crippen LogP contribution in [0.1, 0.15) is 20.3 Å². The molecular formula is C10H18N2O3S2. The normalized spacial score (nSPS) is 9.65. The van der Waals surface area contributed by atoms with Crippen molar-refractivity contribution in [2.75, 3.05) is 19.1 Å². The van der Waals surface area contributed by atoms with E-state index in [9.17, 15) is 9.59 Å². The molecule has 0 heterocycles. The summed E-state index contributed by atoms with van der Waals surface area (Å²) in [6.07, 6.45) is 4.55. The third kappa shape index (κ3) is 6.60. The molecular weight excluding hydrogens is 260 g/mol. The number of hydrogen-bond acceptors (Lipinski definition) is 5. The molecule has 0 aliphatic rings. The van der Waals surface area contributed by atoms with Crippen LogP contribution >= 0.6 is 23.5 Å². The summed E-state index contributed by atoms with van der Waals surface area (Å²) in [7, 11) is 0. The quantitative estimate of drug-likeness (QED) is 0.442. The van der Waals surface area contributed by atoms with Crippen LogP contribution in [0.3, 0.4) is 0 Å². The molecule has 0 unspecified atom stereocenters. The molecule has 0 atom stereocenters. The predicted octanol–water partition coefficient (Wildman–Crippen LogP) is 2.11. The van der Waals surface area contributed by atoms with Gasteiger partial charge in [0.05, 0.1) is 6.61 Å². The minimum atomic E-state index is -0.649. The zero-order valence-electron chi connectivity index (χ0n) is 10.5. The van der Waals surface area contributed by atoms with E-state index < -0.39 is 11.9 Å². The molecule has 0 aromatic rings. The number of carbonyl (C=O) groups excluding carboxylic acids is 2. The highest BCUT2D eigenvalue weighted by Crippen LogP contribution is 2.27. The molecule has 5 nitrogen and oxygen atoms in total. The highest BCUT2D eigenvalue weighted by molar-refractivity contribution is 8.21. The first kappa shape index (κ1) is 16.3. The van der Waals surface area contributed by atoms with Crippen LogP contribution in [0.5, 0.6) is 0 Å². The van der Waals surface area contributed by atoms with E-state index >= 15 is 0 Å². The van der Waals surface area contributed by atoms with E-state index in [1.54, 1.807) is 6.92 Å². The molecule has 0 aromatic carbocycles. The van der Waals surface area contributed by atoms with Gasteiger partial charge in [-0.1, -0.05) is 6.92 Å². The third-order valence-electron chi connectivity index (χ3n) is 1.72. The molecule has 98 valence electrons. The van der Waals surface area contributed by atoms with E-state index in [0.29, 0.717) is 12.2 Å². The zero-order valence-corrected chi connectivity index (χ0v) is 12.1. The predicted molar refractivity (Wildman–Crippen MR) is 72.6 cm³/mol. The van der Waals surface area contributed by atoms with Crippen molar-refractivity contribution in [1.82, 2.24) is 10.8 Å². The number of hydroxylamine groups is 1. The lowest BCUT2D eigenvalue weighted by Crippen LogP contribution is -2.40. The first-order valence-electron chi connectivity index (χ1n) is 5.08. The van der Waals surface area contributed by atoms with Crippen LogP contribution in [0.15, 0.2) is 9.81 Å². The summed E-state index contributed by atoms with van der Waals surface area (Å²) in [6.45, 7) is 4.01. The van der Waals surface area contributed by atoms with Gasteiger partial charge in [0.1, 0.15) is 0 Å². The van der Waals surface area contributed by atoms with Crippen LogP contribution in [-0.4, -0.2) is 31.1 Å². The second kappa shape index (κ2) is 9.38. The van der Waals surface area contributed by atoms with Crippen molar-refractivity contribution in [3.05, 3.63) is 9.81 Å². The van der Waals surface area contributed by atoms with Crippen LogP contribution < -0.4 is 10.8 Å². The summed E-state index contributed by atoms with van der Waals surface area (Å²) in [6, 6.07) is -0.649. The van der Waals surface area contributed by atoms with Crippen LogP contribution in [0.2, 0.25) is 0 Å². The Morgan fingerprint density at radius 2 is 1.82 bits per heavy atom. The van der Waals surface area contributed by atoms with Gasteiger partial charge in [-0.25, -0.2) is 10.3 Å². The second-order valence-electron chi connectivity index (χ2n) is 3.05. The van der Waals surface area contributed by atoms with Gasteiger partial charge in [-0.3, -0.25) is 14.9 Å². The summed E-state index contributed by atoms with van der Waals surface area (Å²) in [4.78, 5) is 27.7. The van der Waals surface area contributed by atoms with Crippen LogP contribution in [-0.2, 0) is 9.63 Å². The fourth-order valence-electron chi connectivity index (χ4n) is 0.923. The lowest BCUT2D eigenvalue weighted by Gasteiger charge is -2.08. The monoisotopic (exact) mass is 278 g/mol. The number of imide groups is 1. The van der Waals surface area contributed by atoms with Crippen LogP contribution in [0, 0.1) is 0 Å². The van der Waals surface area contributed by atoms with Crippen molar-refractivity contribution in [3.63, 3.8) is 0 Å². The minimum Gasteiger partial charge on any atom is -0.272 e. The summed E-state index contributed by atoms with van der Waals surface area (Å²) in [5, 5.41) is 2.19. The van der Waals surface area contributed by atoms with Crippen LogP contribution in [0.4, 0.5) is 4.79 Å². The molecule has 3 amide bonds. The first-order chi connectivity index (χ1) is 8.06. The number of carbonyl (C=O) groups is 2. The lowest BCUT2D eigenvalue weighted by molar-refractivity contribution is -0.116. The van der Waals surface area contributed by atoms with E-state index in [-0.39, 0.29) is 0 Å². The molecule has 0 fully saturated rings. The highest BCUT2D eigenvalue weighted by atomic mass is 32.2. The largest absolute Gasteiger partial charge is 0.345 e. The number of rotatable bonds is 6. The molecule has 0 aliphatic heterocycles. The Hall–Kier alpha value is -0.660. The molecule has 0 aliphatic carbocycles. The molecule has 0 rings (SSSR count). The maximum atomic E-state index is 11.6. The fourth-order valence-corrected chi connectivity index (χ4v) is 2.39. The number of hydrogen-bond donors (Lipinski definition) is 2. The van der Waals surface area contributed by atoms with E-state index in [1.165, 1.54) is 23.5 Å². The van der Waals surface area contributed by atoms with E-state index in [1.807, 2.05) is 19.4 Å². The number of amides is 3. The Morgan fingerprint density at radius 1 is 1.24 bits per heavy atom. The summed E-state index contributed by atoms with van der Waals surface area (Å²) in [5.74, 6) is -0.415. The Labute approximate surface area is 110 Å². The van der Waals surface area contributed by atoms with Crippen molar-refractivity contribution < 1.29 is 14.4 Å². The fraction of sp³-hybridized carbons (Fsp3) is 0.600. The summed E-state index contributed by atoms with van der Waals surface area (Å²) >= 11 is 2.95. The second-order valence-corrected chi connectivity index (χ2v) is 4.95. The molecule has 17 heavy (non-hydrogen) atoms. The molecule has 0 aromatic heterocycles. The van der Waals surface area contributed by atoms with Crippen molar-refractivity contribution in [3.8, 4) is 0 Å². The summed E-state index contributed by atoms with van der Waals surface area (Å²) < 4.78 is 0.879. The molecule has 7 heteroatoms. The Balaban J connectivity index is 4.25. The van der Waals surface area contributed by atoms with Gasteiger partial charge < -0.3 is 0 Å². The van der Waals surface area contributed by atoms with Crippen molar-refractivity contribution >= 4 is 35.5 Å². The summed E-state index contributed by atoms with van der Waals surface area (Å²) in [5.41, 5.74) is 2.66. The van der Waals surface area contributed by atoms with Gasteiger partial charge in [0.25, 0.3) is 5.91 Å². The molecule has 0 saturated heterocycles. The SMILES string of the molecule is CCCONC(=O)NC(=O)C(C)=C(SC)SC. The molecule has 2 N–H and O–H groups in total. The van der Waals surface area contributed by atoms with Gasteiger partial charge in [-0.05, 0) is 25.9 Å². The van der Waals surface area contributed by atoms with Gasteiger partial charge in [0.2, 0.25) is 0 Å². The molecule has 0 bridgehead atoms. The topological polar surface area (TPSA) is 67.4 Å². The van der Waals surface area contributed by atoms with Crippen LogP contribution in [0.25, 0.3) is 0 Å². The van der Waals surface area contributed by atoms with E-state index in [0.717, 1.165) is 10.7 Å². The first-order valence-corrected chi connectivity index (χ1v) is 7.53. The van der Waals surface area contributed by atoms with Crippen molar-refractivity contribution in [2.45, 2.75) is 20.3 Å². The van der Waals surface area contributed by atoms with Crippen molar-refractivity contribution in [1.29, 1.82) is 0 Å². The average molecular weight is 278 g/mol. The minimum absolute atomic E-state index is 0.414. The number of urea groups is 1. The Kier molecular flexibility index (Phi) is 9.01. The van der Waals surface area contributed by atoms with Gasteiger partial charge in [0.15, 0.2) is 0 Å². The van der Waals surface area contributed by atoms with E-state index in [2.05, 4.69) is 10.8 Å². The maximum Gasteiger partial charge on any atom is 0.345 e. The number of nitrogens with one attached hydrogen (secondary N) is 2. The maximum absolute atomic E-state index is 11.6. The molecule has 0 spiro atoms. The standard InChI is InChI=1S/C10H18N2O3S2/c1-5-6-15-12-10(14)11-8(13)7(2)9(16-3)17-4/h5-6H2,1-4H3,(H2,11,12,13,14). The smallest absolute Gasteiger partial charge is 0.272 e. The van der Waals surface area contributed by atoms with Gasteiger partial charge in [-0.2, -0.15) is 0 Å². The highest BCUT2D eigenvalue weighted by Gasteiger charge is 2.12. The average Bonchev–Trinajstić information content (AvgIpc) is 2.30. The lowest BCUT2D eigenvalue weighted by atomic mass is 10.3. The Morgan fingerprint density at radius 3 is 2.29 bits per heavy atom. The zero-order chi connectivity index (χ0) is 13.3. The Bertz CT molecular complexity index is 300. The van der Waals surface area contributed by atoms with Crippen molar-refractivity contribution in [2.24, 2.45) is 0 Å². The third-order valence-corrected chi connectivity index (χ3v) is 4.07. The number of thioether (sulfide) groups is 2. The van der Waals surface area contributed by atoms with E-state index in [4.69, 9.17) is 4.84 Å². The van der Waals surface area contributed by atoms with Gasteiger partial charge in [0, 0.05) is 9.81 Å². The molecule has 0 radical (unpaired) electrons. The molecule has 0 saturated carbocycles. The van der Waals surface area contributed by atoms with Gasteiger partial charge in [-0.15, -0.1) is 23.5 Å². The van der Waals surface area contributed by atoms with Gasteiger partial charge >= 0.3 is 6.03 Å².